The maximum Gasteiger partial charge on any atom is 0.222 e. The van der Waals surface area contributed by atoms with Gasteiger partial charge in [0.05, 0.1) is 0 Å². The zero-order chi connectivity index (χ0) is 11.1. The van der Waals surface area contributed by atoms with Gasteiger partial charge in [0, 0.05) is 29.4 Å². The fraction of sp³-hybridized carbons (Fsp3) is 0.250. The van der Waals surface area contributed by atoms with E-state index in [1.54, 1.807) is 0 Å². The molecule has 2 heterocycles. The molecule has 0 saturated carbocycles. The first kappa shape index (κ1) is 9.42. The molecule has 0 spiro atoms. The monoisotopic (exact) mass is 216 g/mol. The fourth-order valence-corrected chi connectivity index (χ4v) is 2.32. The van der Waals surface area contributed by atoms with E-state index in [1.165, 1.54) is 0 Å². The van der Waals surface area contributed by atoms with E-state index < -0.39 is 6.23 Å². The van der Waals surface area contributed by atoms with Crippen LogP contribution in [0.4, 0.5) is 0 Å². The first-order chi connectivity index (χ1) is 7.75. The number of rotatable bonds is 1. The van der Waals surface area contributed by atoms with Crippen LogP contribution in [0.3, 0.4) is 0 Å². The van der Waals surface area contributed by atoms with Gasteiger partial charge in [-0.2, -0.15) is 0 Å². The summed E-state index contributed by atoms with van der Waals surface area (Å²) in [6.07, 6.45) is 1.45. The number of H-pyrrole nitrogens is 1. The van der Waals surface area contributed by atoms with Gasteiger partial charge >= 0.3 is 0 Å². The van der Waals surface area contributed by atoms with Crippen molar-refractivity contribution in [2.45, 2.75) is 18.6 Å². The van der Waals surface area contributed by atoms with Crippen LogP contribution in [-0.4, -0.2) is 22.2 Å². The standard InChI is InChI=1S/C12H12N2O2/c15-11-5-8(12(16)14-11)9-6-13-10-4-2-1-3-7(9)10/h1-4,6,8,12-13,16H,5H2,(H,14,15). The summed E-state index contributed by atoms with van der Waals surface area (Å²) in [5, 5.41) is 13.3. The minimum Gasteiger partial charge on any atom is -0.373 e. The van der Waals surface area contributed by atoms with Crippen molar-refractivity contribution in [3.8, 4) is 0 Å². The van der Waals surface area contributed by atoms with E-state index >= 15 is 0 Å². The van der Waals surface area contributed by atoms with Gasteiger partial charge in [0.1, 0.15) is 6.23 Å². The summed E-state index contributed by atoms with van der Waals surface area (Å²) in [7, 11) is 0. The molecule has 0 aliphatic carbocycles. The lowest BCUT2D eigenvalue weighted by Gasteiger charge is -2.11. The van der Waals surface area contributed by atoms with Crippen LogP contribution in [0, 0.1) is 0 Å². The summed E-state index contributed by atoms with van der Waals surface area (Å²) in [6, 6.07) is 7.89. The number of carbonyl (C=O) groups excluding carboxylic acids is 1. The average Bonchev–Trinajstić information content (AvgIpc) is 2.81. The van der Waals surface area contributed by atoms with Crippen LogP contribution >= 0.6 is 0 Å². The zero-order valence-corrected chi connectivity index (χ0v) is 8.60. The molecule has 1 amide bonds. The highest BCUT2D eigenvalue weighted by Gasteiger charge is 2.33. The van der Waals surface area contributed by atoms with Crippen molar-refractivity contribution in [1.29, 1.82) is 0 Å². The SMILES string of the molecule is O=C1CC(c2c[nH]c3ccccc23)C(O)N1. The molecule has 0 bridgehead atoms. The quantitative estimate of drug-likeness (QED) is 0.668. The third kappa shape index (κ3) is 1.31. The van der Waals surface area contributed by atoms with Gasteiger partial charge in [-0.05, 0) is 11.6 Å². The van der Waals surface area contributed by atoms with Gasteiger partial charge in [-0.3, -0.25) is 4.79 Å². The molecule has 2 aromatic rings. The Kier molecular flexibility index (Phi) is 1.97. The van der Waals surface area contributed by atoms with Gasteiger partial charge in [-0.25, -0.2) is 0 Å². The Labute approximate surface area is 92.3 Å². The summed E-state index contributed by atoms with van der Waals surface area (Å²) in [4.78, 5) is 14.4. The van der Waals surface area contributed by atoms with Crippen LogP contribution in [0.5, 0.6) is 0 Å². The maximum atomic E-state index is 11.2. The molecule has 1 aliphatic rings. The minimum absolute atomic E-state index is 0.0946. The van der Waals surface area contributed by atoms with Gasteiger partial charge in [-0.15, -0.1) is 0 Å². The van der Waals surface area contributed by atoms with Crippen LogP contribution in [0.25, 0.3) is 10.9 Å². The number of aliphatic hydroxyl groups is 1. The summed E-state index contributed by atoms with van der Waals surface area (Å²) < 4.78 is 0. The largest absolute Gasteiger partial charge is 0.373 e. The number of amides is 1. The number of para-hydroxylation sites is 1. The van der Waals surface area contributed by atoms with E-state index in [4.69, 9.17) is 0 Å². The second-order valence-corrected chi connectivity index (χ2v) is 4.11. The molecule has 82 valence electrons. The number of carbonyl (C=O) groups is 1. The van der Waals surface area contributed by atoms with E-state index in [0.717, 1.165) is 16.5 Å². The third-order valence-electron chi connectivity index (χ3n) is 3.12. The third-order valence-corrected chi connectivity index (χ3v) is 3.12. The molecule has 2 atom stereocenters. The van der Waals surface area contributed by atoms with E-state index in [1.807, 2.05) is 30.5 Å². The van der Waals surface area contributed by atoms with E-state index in [9.17, 15) is 9.90 Å². The molecule has 1 aliphatic heterocycles. The Morgan fingerprint density at radius 2 is 2.12 bits per heavy atom. The lowest BCUT2D eigenvalue weighted by Crippen LogP contribution is -2.27. The summed E-state index contributed by atoms with van der Waals surface area (Å²) >= 11 is 0. The van der Waals surface area contributed by atoms with Crippen molar-refractivity contribution in [2.24, 2.45) is 0 Å². The second kappa shape index (κ2) is 3.35. The van der Waals surface area contributed by atoms with Gasteiger partial charge in [0.15, 0.2) is 0 Å². The van der Waals surface area contributed by atoms with Crippen LogP contribution in [0.15, 0.2) is 30.5 Å². The zero-order valence-electron chi connectivity index (χ0n) is 8.60. The number of nitrogens with one attached hydrogen (secondary N) is 2. The van der Waals surface area contributed by atoms with E-state index in [0.29, 0.717) is 6.42 Å². The molecule has 3 N–H and O–H groups in total. The van der Waals surface area contributed by atoms with Crippen molar-refractivity contribution < 1.29 is 9.90 Å². The van der Waals surface area contributed by atoms with Crippen LogP contribution in [-0.2, 0) is 4.79 Å². The predicted octanol–water partition coefficient (Wildman–Crippen LogP) is 1.09. The number of hydrogen-bond donors (Lipinski definition) is 3. The second-order valence-electron chi connectivity index (χ2n) is 4.11. The highest BCUT2D eigenvalue weighted by Crippen LogP contribution is 2.32. The predicted molar refractivity (Wildman–Crippen MR) is 59.8 cm³/mol. The van der Waals surface area contributed by atoms with Crippen molar-refractivity contribution in [2.75, 3.05) is 0 Å². The van der Waals surface area contributed by atoms with Crippen molar-refractivity contribution >= 4 is 16.8 Å². The van der Waals surface area contributed by atoms with Crippen LogP contribution in [0.2, 0.25) is 0 Å². The van der Waals surface area contributed by atoms with Crippen molar-refractivity contribution in [1.82, 2.24) is 10.3 Å². The Hall–Kier alpha value is -1.81. The molecular formula is C12H12N2O2. The molecule has 16 heavy (non-hydrogen) atoms. The molecule has 4 nitrogen and oxygen atoms in total. The normalized spacial score (nSPS) is 24.9. The summed E-state index contributed by atoms with van der Waals surface area (Å²) in [5.41, 5.74) is 2.03. The molecular weight excluding hydrogens is 204 g/mol. The maximum absolute atomic E-state index is 11.2. The van der Waals surface area contributed by atoms with Gasteiger partial charge in [0.25, 0.3) is 0 Å². The topological polar surface area (TPSA) is 65.1 Å². The van der Waals surface area contributed by atoms with Gasteiger partial charge < -0.3 is 15.4 Å². The number of aromatic amines is 1. The highest BCUT2D eigenvalue weighted by molar-refractivity contribution is 5.86. The van der Waals surface area contributed by atoms with Gasteiger partial charge in [-0.1, -0.05) is 18.2 Å². The lowest BCUT2D eigenvalue weighted by molar-refractivity contribution is -0.120. The highest BCUT2D eigenvalue weighted by atomic mass is 16.3. The first-order valence-electron chi connectivity index (χ1n) is 5.29. The van der Waals surface area contributed by atoms with E-state index in [-0.39, 0.29) is 11.8 Å². The number of aliphatic hydroxyl groups excluding tert-OH is 1. The molecule has 1 fully saturated rings. The average molecular weight is 216 g/mol. The Balaban J connectivity index is 2.09. The minimum atomic E-state index is -0.772. The number of fused-ring (bicyclic) bond motifs is 1. The Morgan fingerprint density at radius 3 is 2.88 bits per heavy atom. The summed E-state index contributed by atoms with van der Waals surface area (Å²) in [5.74, 6) is -0.244. The van der Waals surface area contributed by atoms with E-state index in [2.05, 4.69) is 10.3 Å². The van der Waals surface area contributed by atoms with Crippen molar-refractivity contribution in [3.63, 3.8) is 0 Å². The Bertz CT molecular complexity index is 547. The molecule has 3 rings (SSSR count). The molecule has 1 aromatic heterocycles. The first-order valence-corrected chi connectivity index (χ1v) is 5.29. The molecule has 1 aromatic carbocycles. The smallest absolute Gasteiger partial charge is 0.222 e. The summed E-state index contributed by atoms with van der Waals surface area (Å²) in [6.45, 7) is 0. The number of hydrogen-bond acceptors (Lipinski definition) is 2. The van der Waals surface area contributed by atoms with Crippen LogP contribution < -0.4 is 5.32 Å². The van der Waals surface area contributed by atoms with Crippen molar-refractivity contribution in [3.05, 3.63) is 36.0 Å². The molecule has 2 unspecified atom stereocenters. The molecule has 4 heteroatoms. The van der Waals surface area contributed by atoms with Crippen LogP contribution in [0.1, 0.15) is 17.9 Å². The molecule has 1 saturated heterocycles. The Morgan fingerprint density at radius 1 is 1.31 bits per heavy atom. The lowest BCUT2D eigenvalue weighted by atomic mass is 9.96. The molecule has 0 radical (unpaired) electrons. The van der Waals surface area contributed by atoms with Gasteiger partial charge in [0.2, 0.25) is 5.91 Å². The number of benzene rings is 1. The fourth-order valence-electron chi connectivity index (χ4n) is 2.32. The number of aromatic nitrogens is 1.